The van der Waals surface area contributed by atoms with E-state index in [1.54, 1.807) is 16.7 Å². The summed E-state index contributed by atoms with van der Waals surface area (Å²) in [5.41, 5.74) is 8.65. The SMILES string of the molecule is Cc1ccc2c(c1Cc1ccccc1)CC[C@@H]1[C@@H]2CC[C@@H]2CCCC[C@]21C. The lowest BCUT2D eigenvalue weighted by atomic mass is 9.49. The van der Waals surface area contributed by atoms with E-state index in [0.29, 0.717) is 5.41 Å². The first-order valence-electron chi connectivity index (χ1n) is 11.3. The summed E-state index contributed by atoms with van der Waals surface area (Å²) in [7, 11) is 0. The van der Waals surface area contributed by atoms with E-state index in [-0.39, 0.29) is 0 Å². The van der Waals surface area contributed by atoms with E-state index in [1.807, 2.05) is 0 Å². The van der Waals surface area contributed by atoms with Crippen LogP contribution in [0.3, 0.4) is 0 Å². The van der Waals surface area contributed by atoms with Gasteiger partial charge in [0.15, 0.2) is 0 Å². The lowest BCUT2D eigenvalue weighted by Crippen LogP contribution is -2.46. The van der Waals surface area contributed by atoms with Crippen LogP contribution in [0.25, 0.3) is 0 Å². The fraction of sp³-hybridized carbons (Fsp3) is 0.556. The van der Waals surface area contributed by atoms with Crippen molar-refractivity contribution < 1.29 is 0 Å². The zero-order chi connectivity index (χ0) is 18.4. The molecule has 0 amide bonds. The summed E-state index contributed by atoms with van der Waals surface area (Å²) in [4.78, 5) is 0. The van der Waals surface area contributed by atoms with E-state index in [9.17, 15) is 0 Å². The predicted octanol–water partition coefficient (Wildman–Crippen LogP) is 7.22. The molecule has 0 spiro atoms. The molecular weight excluding hydrogens is 324 g/mol. The van der Waals surface area contributed by atoms with Crippen molar-refractivity contribution >= 4 is 0 Å². The molecule has 0 saturated heterocycles. The average molecular weight is 359 g/mol. The van der Waals surface area contributed by atoms with Crippen LogP contribution in [-0.4, -0.2) is 0 Å². The summed E-state index contributed by atoms with van der Waals surface area (Å²) in [5.74, 6) is 2.75. The molecular formula is C27H34. The Balaban J connectivity index is 1.52. The second-order valence-electron chi connectivity index (χ2n) is 9.87. The highest BCUT2D eigenvalue weighted by Crippen LogP contribution is 2.61. The third-order valence-electron chi connectivity index (χ3n) is 8.64. The first-order chi connectivity index (χ1) is 13.2. The molecule has 0 N–H and O–H groups in total. The minimum atomic E-state index is 0.614. The summed E-state index contributed by atoms with van der Waals surface area (Å²) in [6.07, 6.45) is 12.7. The van der Waals surface area contributed by atoms with Crippen molar-refractivity contribution in [3.63, 3.8) is 0 Å². The van der Waals surface area contributed by atoms with Gasteiger partial charge in [0.05, 0.1) is 0 Å². The monoisotopic (exact) mass is 358 g/mol. The molecule has 0 bridgehead atoms. The number of rotatable bonds is 2. The fourth-order valence-corrected chi connectivity index (χ4v) is 7.15. The summed E-state index contributed by atoms with van der Waals surface area (Å²) in [5, 5.41) is 0. The van der Waals surface area contributed by atoms with Crippen LogP contribution >= 0.6 is 0 Å². The summed E-state index contributed by atoms with van der Waals surface area (Å²) in [6.45, 7) is 4.99. The summed E-state index contributed by atoms with van der Waals surface area (Å²) >= 11 is 0. The van der Waals surface area contributed by atoms with Gasteiger partial charge in [-0.2, -0.15) is 0 Å². The van der Waals surface area contributed by atoms with Gasteiger partial charge in [0.25, 0.3) is 0 Å². The van der Waals surface area contributed by atoms with E-state index < -0.39 is 0 Å². The first kappa shape index (κ1) is 17.5. The molecule has 2 aromatic rings. The second kappa shape index (κ2) is 6.80. The zero-order valence-electron chi connectivity index (χ0n) is 17.1. The fourth-order valence-electron chi connectivity index (χ4n) is 7.15. The Bertz CT molecular complexity index is 817. The van der Waals surface area contributed by atoms with Gasteiger partial charge in [-0.15, -0.1) is 0 Å². The molecule has 2 saturated carbocycles. The van der Waals surface area contributed by atoms with Crippen LogP contribution in [0.1, 0.15) is 85.6 Å². The maximum atomic E-state index is 2.66. The van der Waals surface area contributed by atoms with Crippen LogP contribution in [0, 0.1) is 24.2 Å². The number of fused-ring (bicyclic) bond motifs is 5. The van der Waals surface area contributed by atoms with Crippen LogP contribution in [0.2, 0.25) is 0 Å². The normalized spacial score (nSPS) is 32.3. The largest absolute Gasteiger partial charge is 0.0622 e. The highest BCUT2D eigenvalue weighted by molar-refractivity contribution is 5.47. The van der Waals surface area contributed by atoms with Gasteiger partial charge < -0.3 is 0 Å². The van der Waals surface area contributed by atoms with E-state index in [4.69, 9.17) is 0 Å². The highest BCUT2D eigenvalue weighted by atomic mass is 14.5. The van der Waals surface area contributed by atoms with Gasteiger partial charge in [-0.3, -0.25) is 0 Å². The first-order valence-corrected chi connectivity index (χ1v) is 11.3. The second-order valence-corrected chi connectivity index (χ2v) is 9.87. The molecule has 0 nitrogen and oxygen atoms in total. The topological polar surface area (TPSA) is 0 Å². The molecule has 3 aliphatic carbocycles. The molecule has 142 valence electrons. The van der Waals surface area contributed by atoms with Crippen molar-refractivity contribution in [3.8, 4) is 0 Å². The molecule has 0 heterocycles. The van der Waals surface area contributed by atoms with Crippen LogP contribution in [-0.2, 0) is 12.8 Å². The van der Waals surface area contributed by atoms with Crippen molar-refractivity contribution in [2.24, 2.45) is 17.3 Å². The quantitative estimate of drug-likeness (QED) is 0.531. The molecule has 0 aliphatic heterocycles. The van der Waals surface area contributed by atoms with E-state index in [0.717, 1.165) is 24.2 Å². The molecule has 5 rings (SSSR count). The molecule has 0 unspecified atom stereocenters. The number of aryl methyl sites for hydroxylation is 1. The number of benzene rings is 2. The Hall–Kier alpha value is -1.56. The number of hydrogen-bond acceptors (Lipinski definition) is 0. The van der Waals surface area contributed by atoms with Crippen molar-refractivity contribution in [1.82, 2.24) is 0 Å². The molecule has 2 aromatic carbocycles. The van der Waals surface area contributed by atoms with Gasteiger partial charge in [-0.25, -0.2) is 0 Å². The number of hydrogen-bond donors (Lipinski definition) is 0. The lowest BCUT2D eigenvalue weighted by Gasteiger charge is -2.56. The predicted molar refractivity (Wildman–Crippen MR) is 114 cm³/mol. The maximum absolute atomic E-state index is 2.66. The lowest BCUT2D eigenvalue weighted by molar-refractivity contribution is -0.0204. The van der Waals surface area contributed by atoms with Crippen LogP contribution in [0.4, 0.5) is 0 Å². The van der Waals surface area contributed by atoms with Crippen molar-refractivity contribution in [1.29, 1.82) is 0 Å². The molecule has 0 aromatic heterocycles. The Labute approximate surface area is 165 Å². The van der Waals surface area contributed by atoms with Gasteiger partial charge >= 0.3 is 0 Å². The smallest absolute Gasteiger partial charge is 0.00203 e. The molecule has 2 fully saturated rings. The van der Waals surface area contributed by atoms with Gasteiger partial charge in [-0.05, 0) is 103 Å². The third-order valence-corrected chi connectivity index (χ3v) is 8.64. The molecule has 27 heavy (non-hydrogen) atoms. The molecule has 0 heteroatoms. The van der Waals surface area contributed by atoms with Gasteiger partial charge in [-0.1, -0.05) is 62.2 Å². The zero-order valence-corrected chi connectivity index (χ0v) is 17.1. The third kappa shape index (κ3) is 2.87. The maximum Gasteiger partial charge on any atom is -0.00203 e. The highest BCUT2D eigenvalue weighted by Gasteiger charge is 2.50. The standard InChI is InChI=1S/C27H34/c1-19-11-13-22-23(25(19)18-20-8-4-3-5-9-20)15-16-26-24(22)14-12-21-10-6-7-17-27(21,26)2/h3-5,8-9,11,13,21,24,26H,6-7,10,12,14-18H2,1-2H3/t21-,24+,26+,27+/m0/s1. The Morgan fingerprint density at radius 3 is 2.63 bits per heavy atom. The van der Waals surface area contributed by atoms with E-state index in [2.05, 4.69) is 56.3 Å². The Morgan fingerprint density at radius 2 is 1.78 bits per heavy atom. The van der Waals surface area contributed by atoms with Gasteiger partial charge in [0.1, 0.15) is 0 Å². The van der Waals surface area contributed by atoms with Crippen LogP contribution in [0.5, 0.6) is 0 Å². The average Bonchev–Trinajstić information content (AvgIpc) is 2.70. The summed E-state index contributed by atoms with van der Waals surface area (Å²) < 4.78 is 0. The summed E-state index contributed by atoms with van der Waals surface area (Å²) in [6, 6.07) is 16.0. The van der Waals surface area contributed by atoms with Crippen molar-refractivity contribution in [3.05, 3.63) is 70.3 Å². The van der Waals surface area contributed by atoms with E-state index >= 15 is 0 Å². The molecule has 4 atom stereocenters. The molecule has 0 radical (unpaired) electrons. The van der Waals surface area contributed by atoms with Gasteiger partial charge in [0, 0.05) is 0 Å². The van der Waals surface area contributed by atoms with Crippen LogP contribution in [0.15, 0.2) is 42.5 Å². The Kier molecular flexibility index (Phi) is 4.42. The molecule has 3 aliphatic rings. The minimum absolute atomic E-state index is 0.614. The van der Waals surface area contributed by atoms with Crippen molar-refractivity contribution in [2.75, 3.05) is 0 Å². The minimum Gasteiger partial charge on any atom is -0.0622 e. The van der Waals surface area contributed by atoms with E-state index in [1.165, 1.54) is 62.5 Å². The Morgan fingerprint density at radius 1 is 0.926 bits per heavy atom. The van der Waals surface area contributed by atoms with Crippen molar-refractivity contribution in [2.45, 2.75) is 77.6 Å². The van der Waals surface area contributed by atoms with Gasteiger partial charge in [0.2, 0.25) is 0 Å². The van der Waals surface area contributed by atoms with Crippen LogP contribution < -0.4 is 0 Å².